The molecule has 1 aromatic carbocycles. The van der Waals surface area contributed by atoms with Gasteiger partial charge in [0.15, 0.2) is 0 Å². The normalized spacial score (nSPS) is 14.7. The van der Waals surface area contributed by atoms with Gasteiger partial charge >= 0.3 is 11.9 Å². The van der Waals surface area contributed by atoms with Crippen LogP contribution in [0.4, 0.5) is 0 Å². The van der Waals surface area contributed by atoms with Crippen LogP contribution in [-0.4, -0.2) is 86.3 Å². The number of aliphatic carboxylic acids is 2. The number of carboxylic acids is 2. The van der Waals surface area contributed by atoms with Gasteiger partial charge < -0.3 is 47.8 Å². The highest BCUT2D eigenvalue weighted by atomic mass is 16.4. The molecule has 4 amide bonds. The van der Waals surface area contributed by atoms with E-state index < -0.39 is 72.3 Å². The maximum atomic E-state index is 12.9. The largest absolute Gasteiger partial charge is 0.508 e. The van der Waals surface area contributed by atoms with Gasteiger partial charge in [-0.05, 0) is 37.5 Å². The minimum atomic E-state index is -1.62. The van der Waals surface area contributed by atoms with Crippen LogP contribution < -0.4 is 27.4 Å². The van der Waals surface area contributed by atoms with Crippen LogP contribution in [0.25, 0.3) is 0 Å². The fourth-order valence-electron chi connectivity index (χ4n) is 3.23. The molecule has 5 atom stereocenters. The summed E-state index contributed by atoms with van der Waals surface area (Å²) in [6, 6.07) is -0.245. The van der Waals surface area contributed by atoms with Crippen LogP contribution in [0.5, 0.6) is 5.75 Å². The number of primary amides is 1. The van der Waals surface area contributed by atoms with E-state index in [1.165, 1.54) is 31.2 Å². The Labute approximate surface area is 217 Å². The third-order valence-corrected chi connectivity index (χ3v) is 5.37. The van der Waals surface area contributed by atoms with Gasteiger partial charge in [0.05, 0.1) is 12.1 Å². The molecule has 0 spiro atoms. The van der Waals surface area contributed by atoms with Crippen molar-refractivity contribution in [2.24, 2.45) is 11.5 Å². The van der Waals surface area contributed by atoms with E-state index in [0.29, 0.717) is 5.56 Å². The molecule has 0 aliphatic carbocycles. The minimum Gasteiger partial charge on any atom is -0.508 e. The van der Waals surface area contributed by atoms with E-state index in [-0.39, 0.29) is 31.4 Å². The standard InChI is InChI=1S/C23H33N5O10/c1-11(29)19(28-20(34)14(24)6-9-18(32)33)22(36)26-15(7-8-17(25)31)21(35)27-16(23(37)38)10-12-2-4-13(30)5-3-12/h2-5,11,14-16,19,29-30H,6-10,24H2,1H3,(H2,25,31)(H,26,36)(H,27,35)(H,28,34)(H,32,33)(H,37,38). The average molecular weight is 540 g/mol. The Hall–Kier alpha value is -4.24. The molecule has 0 aromatic heterocycles. The fourth-order valence-corrected chi connectivity index (χ4v) is 3.23. The maximum absolute atomic E-state index is 12.9. The van der Waals surface area contributed by atoms with Gasteiger partial charge in [0.25, 0.3) is 0 Å². The first-order valence-electron chi connectivity index (χ1n) is 11.6. The molecule has 0 saturated heterocycles. The number of nitrogens with one attached hydrogen (secondary N) is 3. The Morgan fingerprint density at radius 3 is 1.92 bits per heavy atom. The van der Waals surface area contributed by atoms with Crippen LogP contribution in [0.1, 0.15) is 38.2 Å². The van der Waals surface area contributed by atoms with E-state index in [2.05, 4.69) is 16.0 Å². The monoisotopic (exact) mass is 539 g/mol. The van der Waals surface area contributed by atoms with Crippen molar-refractivity contribution in [3.05, 3.63) is 29.8 Å². The van der Waals surface area contributed by atoms with Gasteiger partial charge in [-0.15, -0.1) is 0 Å². The highest BCUT2D eigenvalue weighted by Crippen LogP contribution is 2.12. The van der Waals surface area contributed by atoms with Crippen LogP contribution in [0.2, 0.25) is 0 Å². The van der Waals surface area contributed by atoms with E-state index in [0.717, 1.165) is 0 Å². The molecule has 210 valence electrons. The summed E-state index contributed by atoms with van der Waals surface area (Å²) in [4.78, 5) is 71.8. The lowest BCUT2D eigenvalue weighted by Gasteiger charge is -2.26. The Morgan fingerprint density at radius 2 is 1.42 bits per heavy atom. The number of aliphatic hydroxyl groups excluding tert-OH is 1. The third-order valence-electron chi connectivity index (χ3n) is 5.37. The van der Waals surface area contributed by atoms with Crippen molar-refractivity contribution < 1.29 is 49.2 Å². The number of phenolic OH excluding ortho intramolecular Hbond substituents is 1. The molecular formula is C23H33N5O10. The van der Waals surface area contributed by atoms with Gasteiger partial charge in [0.1, 0.15) is 23.9 Å². The van der Waals surface area contributed by atoms with Gasteiger partial charge in [0, 0.05) is 19.3 Å². The summed E-state index contributed by atoms with van der Waals surface area (Å²) in [5.41, 5.74) is 11.2. The molecule has 15 heteroatoms. The van der Waals surface area contributed by atoms with Crippen molar-refractivity contribution in [2.75, 3.05) is 0 Å². The molecule has 0 fully saturated rings. The summed E-state index contributed by atoms with van der Waals surface area (Å²) < 4.78 is 0. The lowest BCUT2D eigenvalue weighted by molar-refractivity contribution is -0.142. The average Bonchev–Trinajstić information content (AvgIpc) is 2.83. The number of benzene rings is 1. The van der Waals surface area contributed by atoms with Gasteiger partial charge in [-0.25, -0.2) is 4.79 Å². The Kier molecular flexibility index (Phi) is 12.6. The zero-order chi connectivity index (χ0) is 29.0. The van der Waals surface area contributed by atoms with E-state index in [9.17, 15) is 44.1 Å². The Balaban J connectivity index is 3.00. The zero-order valence-electron chi connectivity index (χ0n) is 20.6. The lowest BCUT2D eigenvalue weighted by Crippen LogP contribution is -2.60. The lowest BCUT2D eigenvalue weighted by atomic mass is 10.0. The topological polar surface area (TPSA) is 271 Å². The van der Waals surface area contributed by atoms with Crippen LogP contribution in [0.15, 0.2) is 24.3 Å². The molecular weight excluding hydrogens is 506 g/mol. The second kappa shape index (κ2) is 15.1. The first kappa shape index (κ1) is 31.8. The molecule has 1 aromatic rings. The van der Waals surface area contributed by atoms with Gasteiger partial charge in [-0.2, -0.15) is 0 Å². The van der Waals surface area contributed by atoms with Crippen molar-refractivity contribution in [2.45, 2.75) is 69.3 Å². The molecule has 38 heavy (non-hydrogen) atoms. The molecule has 0 aliphatic rings. The summed E-state index contributed by atoms with van der Waals surface area (Å²) in [5.74, 6) is -6.37. The Morgan fingerprint density at radius 1 is 0.842 bits per heavy atom. The summed E-state index contributed by atoms with van der Waals surface area (Å²) in [6.07, 6.45) is -2.98. The van der Waals surface area contributed by atoms with Crippen molar-refractivity contribution in [3.63, 3.8) is 0 Å². The molecule has 0 aliphatic heterocycles. The molecule has 5 unspecified atom stereocenters. The van der Waals surface area contributed by atoms with Gasteiger partial charge in [-0.3, -0.25) is 24.0 Å². The summed E-state index contributed by atoms with van der Waals surface area (Å²) in [6.45, 7) is 1.17. The van der Waals surface area contributed by atoms with E-state index in [1.54, 1.807) is 0 Å². The molecule has 0 radical (unpaired) electrons. The number of carbonyl (C=O) groups excluding carboxylic acids is 4. The highest BCUT2D eigenvalue weighted by molar-refractivity contribution is 5.94. The summed E-state index contributed by atoms with van der Waals surface area (Å²) in [7, 11) is 0. The second-order valence-electron chi connectivity index (χ2n) is 8.60. The van der Waals surface area contributed by atoms with Crippen molar-refractivity contribution >= 4 is 35.6 Å². The van der Waals surface area contributed by atoms with Crippen LogP contribution >= 0.6 is 0 Å². The number of hydrogen-bond donors (Lipinski definition) is 9. The van der Waals surface area contributed by atoms with Crippen LogP contribution in [-0.2, 0) is 35.2 Å². The Bertz CT molecular complexity index is 1010. The van der Waals surface area contributed by atoms with Crippen molar-refractivity contribution in [1.29, 1.82) is 0 Å². The maximum Gasteiger partial charge on any atom is 0.326 e. The number of rotatable bonds is 16. The second-order valence-corrected chi connectivity index (χ2v) is 8.60. The predicted octanol–water partition coefficient (Wildman–Crippen LogP) is -2.69. The number of nitrogens with two attached hydrogens (primary N) is 2. The molecule has 1 rings (SSSR count). The smallest absolute Gasteiger partial charge is 0.326 e. The van der Waals surface area contributed by atoms with E-state index in [4.69, 9.17) is 16.6 Å². The number of hydrogen-bond acceptors (Lipinski definition) is 9. The molecule has 0 saturated carbocycles. The SMILES string of the molecule is CC(O)C(NC(=O)C(N)CCC(=O)O)C(=O)NC(CCC(N)=O)C(=O)NC(Cc1ccc(O)cc1)C(=O)O. The number of aromatic hydroxyl groups is 1. The molecule has 11 N–H and O–H groups in total. The quantitative estimate of drug-likeness (QED) is 0.104. The first-order valence-corrected chi connectivity index (χ1v) is 11.6. The van der Waals surface area contributed by atoms with Crippen molar-refractivity contribution in [3.8, 4) is 5.75 Å². The minimum absolute atomic E-state index is 0.0403. The van der Waals surface area contributed by atoms with Crippen LogP contribution in [0.3, 0.4) is 0 Å². The number of amides is 4. The summed E-state index contributed by atoms with van der Waals surface area (Å²) in [5, 5.41) is 44.4. The number of carbonyl (C=O) groups is 6. The van der Waals surface area contributed by atoms with E-state index >= 15 is 0 Å². The van der Waals surface area contributed by atoms with Crippen molar-refractivity contribution in [1.82, 2.24) is 16.0 Å². The first-order chi connectivity index (χ1) is 17.7. The highest BCUT2D eigenvalue weighted by Gasteiger charge is 2.32. The van der Waals surface area contributed by atoms with E-state index in [1.807, 2.05) is 0 Å². The summed E-state index contributed by atoms with van der Waals surface area (Å²) >= 11 is 0. The third kappa shape index (κ3) is 11.2. The number of aliphatic hydroxyl groups is 1. The van der Waals surface area contributed by atoms with Crippen LogP contribution in [0, 0.1) is 0 Å². The number of phenols is 1. The van der Waals surface area contributed by atoms with Gasteiger partial charge in [-0.1, -0.05) is 12.1 Å². The van der Waals surface area contributed by atoms with Gasteiger partial charge in [0.2, 0.25) is 23.6 Å². The molecule has 0 bridgehead atoms. The predicted molar refractivity (Wildman–Crippen MR) is 130 cm³/mol. The molecule has 15 nitrogen and oxygen atoms in total. The zero-order valence-corrected chi connectivity index (χ0v) is 20.6. The fraction of sp³-hybridized carbons (Fsp3) is 0.478. The molecule has 0 heterocycles. The number of carboxylic acid groups (broad SMARTS) is 2.